The second-order valence-corrected chi connectivity index (χ2v) is 4.89. The first-order valence-electron chi connectivity index (χ1n) is 5.78. The molecule has 0 bridgehead atoms. The van der Waals surface area contributed by atoms with Crippen LogP contribution in [0.15, 0.2) is 40.9 Å². The highest BCUT2D eigenvalue weighted by Crippen LogP contribution is 2.25. The number of nitrogens with one attached hydrogen (secondary N) is 1. The molecule has 0 saturated carbocycles. The largest absolute Gasteiger partial charge is 0.483 e. The molecule has 0 radical (unpaired) electrons. The van der Waals surface area contributed by atoms with Gasteiger partial charge in [0.1, 0.15) is 23.2 Å². The summed E-state index contributed by atoms with van der Waals surface area (Å²) >= 11 is 3.08. The van der Waals surface area contributed by atoms with Gasteiger partial charge in [0.25, 0.3) is 5.91 Å². The van der Waals surface area contributed by atoms with Crippen LogP contribution in [0.3, 0.4) is 0 Å². The predicted molar refractivity (Wildman–Crippen MR) is 74.6 cm³/mol. The van der Waals surface area contributed by atoms with E-state index in [2.05, 4.69) is 21.2 Å². The second kappa shape index (κ2) is 6.62. The molecule has 0 atom stereocenters. The Hall–Kier alpha value is -2.02. The van der Waals surface area contributed by atoms with Crippen molar-refractivity contribution in [1.29, 1.82) is 0 Å². The standard InChI is InChI=1S/C14H9BrF3NO2/c15-10-5-8(16)2-4-13(10)21-7-14(20)19-12-6-9(17)1-3-11(12)18/h1-6H,7H2,(H,19,20). The van der Waals surface area contributed by atoms with E-state index < -0.39 is 30.0 Å². The minimum atomic E-state index is -0.757. The first-order chi connectivity index (χ1) is 9.95. The van der Waals surface area contributed by atoms with E-state index in [0.29, 0.717) is 4.47 Å². The van der Waals surface area contributed by atoms with Crippen molar-refractivity contribution in [2.75, 3.05) is 11.9 Å². The third kappa shape index (κ3) is 4.22. The Morgan fingerprint density at radius 2 is 1.76 bits per heavy atom. The summed E-state index contributed by atoms with van der Waals surface area (Å²) in [7, 11) is 0. The molecule has 0 unspecified atom stereocenters. The van der Waals surface area contributed by atoms with Crippen LogP contribution in [0.4, 0.5) is 18.9 Å². The SMILES string of the molecule is O=C(COc1ccc(F)cc1Br)Nc1cc(F)ccc1F. The lowest BCUT2D eigenvalue weighted by atomic mass is 10.3. The van der Waals surface area contributed by atoms with E-state index in [9.17, 15) is 18.0 Å². The van der Waals surface area contributed by atoms with Crippen LogP contribution in [0, 0.1) is 17.5 Å². The van der Waals surface area contributed by atoms with Crippen molar-refractivity contribution < 1.29 is 22.7 Å². The second-order valence-electron chi connectivity index (χ2n) is 4.04. The minimum Gasteiger partial charge on any atom is -0.483 e. The molecule has 0 aliphatic carbocycles. The van der Waals surface area contributed by atoms with Crippen LogP contribution < -0.4 is 10.1 Å². The maximum atomic E-state index is 13.3. The molecule has 1 amide bonds. The topological polar surface area (TPSA) is 38.3 Å². The number of ether oxygens (including phenoxy) is 1. The van der Waals surface area contributed by atoms with Crippen LogP contribution in [0.2, 0.25) is 0 Å². The highest BCUT2D eigenvalue weighted by molar-refractivity contribution is 9.10. The quantitative estimate of drug-likeness (QED) is 0.899. The summed E-state index contributed by atoms with van der Waals surface area (Å²) in [5.74, 6) is -2.30. The van der Waals surface area contributed by atoms with Crippen molar-refractivity contribution in [2.24, 2.45) is 0 Å². The fourth-order valence-electron chi connectivity index (χ4n) is 1.52. The molecule has 21 heavy (non-hydrogen) atoms. The van der Waals surface area contributed by atoms with Crippen LogP contribution in [-0.4, -0.2) is 12.5 Å². The number of rotatable bonds is 4. The molecule has 2 aromatic rings. The average molecular weight is 360 g/mol. The van der Waals surface area contributed by atoms with Crippen molar-refractivity contribution >= 4 is 27.5 Å². The maximum absolute atomic E-state index is 13.3. The maximum Gasteiger partial charge on any atom is 0.262 e. The molecular formula is C14H9BrF3NO2. The average Bonchev–Trinajstić information content (AvgIpc) is 2.42. The highest BCUT2D eigenvalue weighted by atomic mass is 79.9. The molecule has 0 aliphatic heterocycles. The molecule has 0 spiro atoms. The molecule has 7 heteroatoms. The monoisotopic (exact) mass is 359 g/mol. The Morgan fingerprint density at radius 3 is 2.48 bits per heavy atom. The smallest absolute Gasteiger partial charge is 0.262 e. The van der Waals surface area contributed by atoms with Gasteiger partial charge in [0.05, 0.1) is 10.2 Å². The van der Waals surface area contributed by atoms with Crippen LogP contribution >= 0.6 is 15.9 Å². The van der Waals surface area contributed by atoms with Crippen LogP contribution in [-0.2, 0) is 4.79 Å². The molecule has 0 fully saturated rings. The van der Waals surface area contributed by atoms with Gasteiger partial charge in [-0.05, 0) is 46.3 Å². The van der Waals surface area contributed by atoms with E-state index in [1.165, 1.54) is 18.2 Å². The zero-order valence-corrected chi connectivity index (χ0v) is 12.1. The van der Waals surface area contributed by atoms with Crippen molar-refractivity contribution in [3.63, 3.8) is 0 Å². The summed E-state index contributed by atoms with van der Waals surface area (Å²) in [5, 5.41) is 2.18. The number of hydrogen-bond donors (Lipinski definition) is 1. The van der Waals surface area contributed by atoms with Crippen molar-refractivity contribution in [2.45, 2.75) is 0 Å². The number of anilines is 1. The summed E-state index contributed by atoms with van der Waals surface area (Å²) in [4.78, 5) is 11.6. The Morgan fingerprint density at radius 1 is 1.10 bits per heavy atom. The first-order valence-corrected chi connectivity index (χ1v) is 6.58. The highest BCUT2D eigenvalue weighted by Gasteiger charge is 2.10. The van der Waals surface area contributed by atoms with E-state index in [4.69, 9.17) is 4.74 Å². The molecule has 2 rings (SSSR count). The number of carbonyl (C=O) groups excluding carboxylic acids is 1. The summed E-state index contributed by atoms with van der Waals surface area (Å²) in [6.45, 7) is -0.430. The van der Waals surface area contributed by atoms with Crippen molar-refractivity contribution in [3.05, 3.63) is 58.3 Å². The number of hydrogen-bond acceptors (Lipinski definition) is 2. The molecule has 0 aromatic heterocycles. The number of carbonyl (C=O) groups is 1. The van der Waals surface area contributed by atoms with Crippen molar-refractivity contribution in [1.82, 2.24) is 0 Å². The van der Waals surface area contributed by atoms with Gasteiger partial charge in [0, 0.05) is 6.07 Å². The van der Waals surface area contributed by atoms with Gasteiger partial charge in [-0.2, -0.15) is 0 Å². The summed E-state index contributed by atoms with van der Waals surface area (Å²) in [5.41, 5.74) is -0.276. The minimum absolute atomic E-state index is 0.256. The molecule has 1 N–H and O–H groups in total. The fraction of sp³-hybridized carbons (Fsp3) is 0.0714. The Labute approximate surface area is 126 Å². The Balaban J connectivity index is 1.97. The van der Waals surface area contributed by atoms with E-state index in [1.807, 2.05) is 0 Å². The predicted octanol–water partition coefficient (Wildman–Crippen LogP) is 3.88. The van der Waals surface area contributed by atoms with E-state index in [1.54, 1.807) is 0 Å². The van der Waals surface area contributed by atoms with Gasteiger partial charge in [-0.25, -0.2) is 13.2 Å². The van der Waals surface area contributed by atoms with Gasteiger partial charge in [-0.1, -0.05) is 0 Å². The van der Waals surface area contributed by atoms with Crippen LogP contribution in [0.5, 0.6) is 5.75 Å². The Kier molecular flexibility index (Phi) is 4.85. The van der Waals surface area contributed by atoms with Gasteiger partial charge in [-0.15, -0.1) is 0 Å². The zero-order valence-electron chi connectivity index (χ0n) is 10.5. The lowest BCUT2D eigenvalue weighted by molar-refractivity contribution is -0.118. The third-order valence-electron chi connectivity index (χ3n) is 2.46. The summed E-state index contributed by atoms with van der Waals surface area (Å²) in [6, 6.07) is 6.40. The molecule has 110 valence electrons. The van der Waals surface area contributed by atoms with E-state index in [0.717, 1.165) is 18.2 Å². The van der Waals surface area contributed by atoms with E-state index >= 15 is 0 Å². The van der Waals surface area contributed by atoms with E-state index in [-0.39, 0.29) is 11.4 Å². The van der Waals surface area contributed by atoms with Crippen LogP contribution in [0.1, 0.15) is 0 Å². The first kappa shape index (κ1) is 15.4. The van der Waals surface area contributed by atoms with Gasteiger partial charge in [0.2, 0.25) is 0 Å². The van der Waals surface area contributed by atoms with Crippen LogP contribution in [0.25, 0.3) is 0 Å². The van der Waals surface area contributed by atoms with Gasteiger partial charge in [0.15, 0.2) is 6.61 Å². The summed E-state index contributed by atoms with van der Waals surface area (Å²) < 4.78 is 44.6. The Bertz CT molecular complexity index is 679. The third-order valence-corrected chi connectivity index (χ3v) is 3.07. The molecule has 3 nitrogen and oxygen atoms in total. The van der Waals surface area contributed by atoms with Gasteiger partial charge in [-0.3, -0.25) is 4.79 Å². The number of benzene rings is 2. The normalized spacial score (nSPS) is 10.3. The fourth-order valence-corrected chi connectivity index (χ4v) is 1.98. The van der Waals surface area contributed by atoms with Crippen molar-refractivity contribution in [3.8, 4) is 5.75 Å². The lowest BCUT2D eigenvalue weighted by Crippen LogP contribution is -2.21. The van der Waals surface area contributed by atoms with Gasteiger partial charge < -0.3 is 10.1 Å². The molecule has 0 saturated heterocycles. The molecule has 2 aromatic carbocycles. The number of amides is 1. The number of halogens is 4. The lowest BCUT2D eigenvalue weighted by Gasteiger charge is -2.09. The molecule has 0 heterocycles. The summed E-state index contributed by atoms with van der Waals surface area (Å²) in [6.07, 6.45) is 0. The zero-order chi connectivity index (χ0) is 15.4. The molecule has 0 aliphatic rings. The van der Waals surface area contributed by atoms with Gasteiger partial charge >= 0.3 is 0 Å². The molecular weight excluding hydrogens is 351 g/mol.